The summed E-state index contributed by atoms with van der Waals surface area (Å²) in [5.74, 6) is 12.0. The quantitative estimate of drug-likeness (QED) is 0.183. The molecule has 0 bridgehead atoms. The van der Waals surface area contributed by atoms with Gasteiger partial charge in [0.15, 0.2) is 0 Å². The predicted molar refractivity (Wildman–Crippen MR) is 547 cm³/mol. The maximum atomic E-state index is 2.38. The summed E-state index contributed by atoms with van der Waals surface area (Å²) in [6.07, 6.45) is 18.7. The lowest BCUT2D eigenvalue weighted by Crippen LogP contribution is -2.41. The van der Waals surface area contributed by atoms with Crippen LogP contribution in [0.4, 0.5) is 0 Å². The van der Waals surface area contributed by atoms with Crippen LogP contribution in [0.2, 0.25) is 0 Å². The lowest BCUT2D eigenvalue weighted by Gasteiger charge is -2.49. The second-order valence-electron chi connectivity index (χ2n) is 55.1. The van der Waals surface area contributed by atoms with Gasteiger partial charge in [0, 0.05) is 0 Å². The first-order valence-corrected chi connectivity index (χ1v) is 49.2. The first-order chi connectivity index (χ1) is 49.2. The van der Waals surface area contributed by atoms with Crippen LogP contribution >= 0.6 is 0 Å². The van der Waals surface area contributed by atoms with Crippen LogP contribution < -0.4 is 0 Å². The number of hydrogen-bond donors (Lipinski definition) is 0. The van der Waals surface area contributed by atoms with Crippen LogP contribution in [0.3, 0.4) is 0 Å². The van der Waals surface area contributed by atoms with Crippen molar-refractivity contribution in [1.82, 2.24) is 0 Å². The maximum Gasteiger partial charge on any atom is -0.0257 e. The summed E-state index contributed by atoms with van der Waals surface area (Å²) in [7, 11) is 0. The van der Waals surface area contributed by atoms with Crippen molar-refractivity contribution < 1.29 is 0 Å². The van der Waals surface area contributed by atoms with Crippen molar-refractivity contribution in [1.29, 1.82) is 0 Å². The van der Waals surface area contributed by atoms with E-state index in [1.807, 2.05) is 0 Å². The van der Waals surface area contributed by atoms with Crippen molar-refractivity contribution in [3.63, 3.8) is 0 Å². The van der Waals surface area contributed by atoms with E-state index in [1.54, 1.807) is 0 Å². The molecule has 2 saturated carbocycles. The first-order valence-electron chi connectivity index (χ1n) is 49.2. The second-order valence-corrected chi connectivity index (χ2v) is 55.1. The van der Waals surface area contributed by atoms with Gasteiger partial charge in [-0.25, -0.2) is 0 Å². The summed E-state index contributed by atoms with van der Waals surface area (Å²) in [5, 5.41) is 0. The van der Waals surface area contributed by atoms with Crippen LogP contribution in [-0.4, -0.2) is 0 Å². The van der Waals surface area contributed by atoms with Crippen LogP contribution in [0, 0.1) is 175 Å². The molecule has 0 radical (unpaired) electrons. The van der Waals surface area contributed by atoms with Crippen molar-refractivity contribution in [2.24, 2.45) is 175 Å². The van der Waals surface area contributed by atoms with Gasteiger partial charge in [-0.15, -0.1) is 0 Å². The molecule has 0 heteroatoms. The number of hydrogen-bond acceptors (Lipinski definition) is 0. The van der Waals surface area contributed by atoms with Crippen molar-refractivity contribution >= 4 is 0 Å². The molecule has 0 N–H and O–H groups in total. The Morgan fingerprint density at radius 1 is 0.254 bits per heavy atom. The fourth-order valence-electron chi connectivity index (χ4n) is 10.0. The minimum Gasteiger partial charge on any atom is -0.0651 e. The van der Waals surface area contributed by atoms with Crippen LogP contribution in [0.25, 0.3) is 0 Å². The number of rotatable bonds is 12. The van der Waals surface area contributed by atoms with E-state index in [0.29, 0.717) is 92.1 Å². The molecule has 0 spiro atoms. The molecule has 0 saturated heterocycles. The third-order valence-electron chi connectivity index (χ3n) is 34.6. The van der Waals surface area contributed by atoms with Gasteiger partial charge in [-0.1, -0.05) is 568 Å². The van der Waals surface area contributed by atoms with Crippen LogP contribution in [0.15, 0.2) is 0 Å². The Balaban J connectivity index is -0.000000112. The average molecular weight is 1620 g/mol. The van der Waals surface area contributed by atoms with E-state index >= 15 is 0 Å². The Morgan fingerprint density at radius 3 is 0.544 bits per heavy atom. The SMILES string of the molecule is CC(C(C)(C)C)C(C)(C)C.CC(C)(C)C(C)(C)C.CC(C)(C)C(C)(C)C.CC(C)(C)C(C)(C)C(C)(C)C.CC(C)C(C)(C)C(C)(C)C.CC(C)C(C)(C)C(C)C.CC(C)C(C)(C)C(C)C.CC(C)C(C)C(C)C.CC1CCCC[C@H]1C.CCC(C)(C)C(C)(C)C.CCC(C)(C)C(C)C.CCC1CCCCC1.CC[C@@H](C)C(C)(C)C. The van der Waals surface area contributed by atoms with E-state index in [2.05, 4.69) is 485 Å². The molecule has 706 valence electrons. The summed E-state index contributed by atoms with van der Waals surface area (Å²) in [5.41, 5.74) is 7.60. The van der Waals surface area contributed by atoms with Gasteiger partial charge < -0.3 is 0 Å². The van der Waals surface area contributed by atoms with Crippen LogP contribution in [0.1, 0.15) is 568 Å². The summed E-state index contributed by atoms with van der Waals surface area (Å²) < 4.78 is 0. The highest BCUT2D eigenvalue weighted by Crippen LogP contribution is 2.51. The molecule has 0 aliphatic heterocycles. The minimum atomic E-state index is 0.375. The van der Waals surface area contributed by atoms with Crippen LogP contribution in [-0.2, 0) is 0 Å². The predicted octanol–water partition coefficient (Wildman–Crippen LogP) is 42.7. The molecule has 0 heterocycles. The van der Waals surface area contributed by atoms with Crippen molar-refractivity contribution in [2.75, 3.05) is 0 Å². The fraction of sp³-hybridized carbons (Fsp3) is 1.00. The summed E-state index contributed by atoms with van der Waals surface area (Å²) >= 11 is 0. The van der Waals surface area contributed by atoms with Crippen LogP contribution in [0.5, 0.6) is 0 Å². The molecule has 0 aromatic carbocycles. The van der Waals surface area contributed by atoms with E-state index in [-0.39, 0.29) is 0 Å². The normalized spacial score (nSPS) is 16.5. The van der Waals surface area contributed by atoms with Crippen molar-refractivity contribution in [3.8, 4) is 0 Å². The molecule has 0 nitrogen and oxygen atoms in total. The van der Waals surface area contributed by atoms with Gasteiger partial charge in [0.1, 0.15) is 0 Å². The van der Waals surface area contributed by atoms with Crippen molar-refractivity contribution in [2.45, 2.75) is 568 Å². The summed E-state index contributed by atoms with van der Waals surface area (Å²) in [6.45, 7) is 161. The highest BCUT2D eigenvalue weighted by molar-refractivity contribution is 4.92. The van der Waals surface area contributed by atoms with E-state index in [4.69, 9.17) is 0 Å². The molecule has 2 aliphatic carbocycles. The lowest BCUT2D eigenvalue weighted by molar-refractivity contribution is 0.00575. The molecule has 2 rings (SSSR count). The summed E-state index contributed by atoms with van der Waals surface area (Å²) in [6, 6.07) is 0. The average Bonchev–Trinajstić information content (AvgIpc) is 0.790. The second kappa shape index (κ2) is 57.5. The molecule has 3 atom stereocenters. The maximum absolute atomic E-state index is 2.38. The molecule has 0 aromatic heterocycles. The zero-order valence-electron chi connectivity index (χ0n) is 95.8. The van der Waals surface area contributed by atoms with Crippen molar-refractivity contribution in [3.05, 3.63) is 0 Å². The Morgan fingerprint density at radius 2 is 0.500 bits per heavy atom. The van der Waals surface area contributed by atoms with E-state index in [1.165, 1.54) is 83.5 Å². The minimum absolute atomic E-state index is 0.375. The highest BCUT2D eigenvalue weighted by Gasteiger charge is 2.43. The molecule has 0 amide bonds. The monoisotopic (exact) mass is 1620 g/mol. The molecule has 2 aliphatic rings. The topological polar surface area (TPSA) is 0 Å². The fourth-order valence-corrected chi connectivity index (χ4v) is 10.0. The van der Waals surface area contributed by atoms with Gasteiger partial charge in [0.2, 0.25) is 0 Å². The Bertz CT molecular complexity index is 1990. The zero-order chi connectivity index (χ0) is 95.8. The van der Waals surface area contributed by atoms with Gasteiger partial charge in [-0.3, -0.25) is 0 Å². The molecular weight excluding hydrogens is 1370 g/mol. The molecule has 0 aromatic rings. The van der Waals surface area contributed by atoms with E-state index in [0.717, 1.165) is 82.9 Å². The first kappa shape index (κ1) is 137. The third-order valence-corrected chi connectivity index (χ3v) is 34.6. The highest BCUT2D eigenvalue weighted by atomic mass is 14.5. The largest absolute Gasteiger partial charge is 0.0651 e. The van der Waals surface area contributed by atoms with Gasteiger partial charge >= 0.3 is 0 Å². The van der Waals surface area contributed by atoms with Gasteiger partial charge in [-0.2, -0.15) is 0 Å². The molecule has 114 heavy (non-hydrogen) atoms. The Labute approximate surface area is 738 Å². The molecular formula is C114H250. The standard InChI is InChI=1S/C11H24.2C10H22.3C9H20.2C8H16.5C8H18/c1-9(2,3)11(7,8)10(4,5)6;1-8(9(2,3)4)10(5,6)7;1-8(2)10(6,7)9(3,4)5;1-7-9(5,6)8(2,3)4;2*1-7(2)9(5,6)8(3)4;1-7-5-3-4-6-8(7)2;1-2-8-6-4-3-5-7-8;2*1-7(2,3)8(4,5)6;1-6-7(2)8(3,4)5;1-6-8(4,5)7(2)3;1-6(2)8(5)7(3)4/h1-8H3;2*8H,1-7H3;7H2,1-6H3;2*7-8H,1-6H3;7-8H,3-6H2,1-2H3;8H,2-7H2,1H3;2*1-6H3;2*7H,6H2,1-5H3;6-8H,1-5H3/t;;;;;;7-,8?;;;;7-;;/m......1...1../s1. The Kier molecular flexibility index (Phi) is 69.2. The van der Waals surface area contributed by atoms with E-state index in [9.17, 15) is 0 Å². The lowest BCUT2D eigenvalue weighted by atomic mass is 9.56. The summed E-state index contributed by atoms with van der Waals surface area (Å²) in [4.78, 5) is 0. The van der Waals surface area contributed by atoms with Gasteiger partial charge in [-0.05, 0) is 175 Å². The Hall–Kier alpha value is 0. The smallest absolute Gasteiger partial charge is 0.0257 e. The molecule has 2 fully saturated rings. The third kappa shape index (κ3) is 65.6. The molecule has 1 unspecified atom stereocenters. The zero-order valence-corrected chi connectivity index (χ0v) is 95.8. The van der Waals surface area contributed by atoms with Gasteiger partial charge in [0.05, 0.1) is 0 Å². The van der Waals surface area contributed by atoms with Gasteiger partial charge in [0.25, 0.3) is 0 Å². The van der Waals surface area contributed by atoms with E-state index < -0.39 is 0 Å².